The number of esters is 1. The van der Waals surface area contributed by atoms with Crippen molar-refractivity contribution in [3.63, 3.8) is 0 Å². The van der Waals surface area contributed by atoms with Crippen LogP contribution in [0.25, 0.3) is 0 Å². The molecule has 0 aliphatic rings. The zero-order valence-electron chi connectivity index (χ0n) is 9.53. The summed E-state index contributed by atoms with van der Waals surface area (Å²) in [6.07, 6.45) is 0. The van der Waals surface area contributed by atoms with Crippen LogP contribution >= 0.6 is 0 Å². The molecule has 0 saturated heterocycles. The lowest BCUT2D eigenvalue weighted by Gasteiger charge is -2.06. The molecule has 1 aromatic rings. The number of carbonyl (C=O) groups excluding carboxylic acids is 1. The number of rotatable bonds is 6. The lowest BCUT2D eigenvalue weighted by atomic mass is 10.2. The Labute approximate surface area is 96.1 Å². The molecule has 0 fully saturated rings. The van der Waals surface area contributed by atoms with Crippen LogP contribution in [0.5, 0.6) is 0 Å². The summed E-state index contributed by atoms with van der Waals surface area (Å²) in [5.74, 6) is -0.332. The first kappa shape index (κ1) is 12.5. The van der Waals surface area contributed by atoms with Gasteiger partial charge in [-0.25, -0.2) is 4.79 Å². The Hall–Kier alpha value is -1.61. The van der Waals surface area contributed by atoms with Crippen molar-refractivity contribution in [2.75, 3.05) is 13.2 Å². The first-order chi connectivity index (χ1) is 7.70. The van der Waals surface area contributed by atoms with E-state index >= 15 is 0 Å². The van der Waals surface area contributed by atoms with E-state index < -0.39 is 0 Å². The first-order valence-corrected chi connectivity index (χ1v) is 5.27. The van der Waals surface area contributed by atoms with Crippen LogP contribution in [0.1, 0.15) is 12.5 Å². The van der Waals surface area contributed by atoms with E-state index in [1.165, 1.54) is 5.56 Å². The number of ether oxygens (including phenoxy) is 1. The maximum Gasteiger partial charge on any atom is 0.333 e. The smallest absolute Gasteiger partial charge is 0.333 e. The molecule has 0 amide bonds. The van der Waals surface area contributed by atoms with E-state index in [9.17, 15) is 4.79 Å². The van der Waals surface area contributed by atoms with Gasteiger partial charge >= 0.3 is 5.97 Å². The lowest BCUT2D eigenvalue weighted by Crippen LogP contribution is -2.21. The summed E-state index contributed by atoms with van der Waals surface area (Å²) in [6, 6.07) is 10.1. The molecule has 3 nitrogen and oxygen atoms in total. The summed E-state index contributed by atoms with van der Waals surface area (Å²) in [6.45, 7) is 6.95. The van der Waals surface area contributed by atoms with Crippen LogP contribution < -0.4 is 5.32 Å². The van der Waals surface area contributed by atoms with E-state index in [1.54, 1.807) is 6.92 Å². The molecular weight excluding hydrogens is 202 g/mol. The summed E-state index contributed by atoms with van der Waals surface area (Å²) in [7, 11) is 0. The second-order valence-electron chi connectivity index (χ2n) is 3.58. The Balaban J connectivity index is 2.09. The highest BCUT2D eigenvalue weighted by Gasteiger charge is 2.01. The summed E-state index contributed by atoms with van der Waals surface area (Å²) >= 11 is 0. The highest BCUT2D eigenvalue weighted by Crippen LogP contribution is 1.96. The van der Waals surface area contributed by atoms with Crippen LogP contribution in [-0.2, 0) is 16.1 Å². The Morgan fingerprint density at radius 1 is 1.38 bits per heavy atom. The van der Waals surface area contributed by atoms with Gasteiger partial charge in [0.2, 0.25) is 0 Å². The topological polar surface area (TPSA) is 38.3 Å². The molecule has 1 N–H and O–H groups in total. The van der Waals surface area contributed by atoms with Gasteiger partial charge in [0.25, 0.3) is 0 Å². The van der Waals surface area contributed by atoms with Gasteiger partial charge < -0.3 is 10.1 Å². The van der Waals surface area contributed by atoms with Crippen LogP contribution in [0.4, 0.5) is 0 Å². The van der Waals surface area contributed by atoms with Gasteiger partial charge in [0.15, 0.2) is 0 Å². The van der Waals surface area contributed by atoms with Crippen LogP contribution in [0, 0.1) is 0 Å². The average molecular weight is 219 g/mol. The zero-order chi connectivity index (χ0) is 11.8. The molecule has 16 heavy (non-hydrogen) atoms. The largest absolute Gasteiger partial charge is 0.461 e. The van der Waals surface area contributed by atoms with Crippen molar-refractivity contribution in [2.45, 2.75) is 13.5 Å². The average Bonchev–Trinajstić information content (AvgIpc) is 2.29. The van der Waals surface area contributed by atoms with Crippen LogP contribution in [0.15, 0.2) is 42.5 Å². The molecule has 0 atom stereocenters. The Kier molecular flexibility index (Phi) is 5.29. The molecule has 0 unspecified atom stereocenters. The molecule has 0 heterocycles. The SMILES string of the molecule is C=C(C)C(=O)OCCNCc1ccccc1. The second-order valence-corrected chi connectivity index (χ2v) is 3.58. The van der Waals surface area contributed by atoms with Gasteiger partial charge in [-0.05, 0) is 12.5 Å². The van der Waals surface area contributed by atoms with Crippen LogP contribution in [-0.4, -0.2) is 19.1 Å². The van der Waals surface area contributed by atoms with Gasteiger partial charge in [-0.1, -0.05) is 36.9 Å². The first-order valence-electron chi connectivity index (χ1n) is 5.27. The summed E-state index contributed by atoms with van der Waals surface area (Å²) < 4.78 is 4.94. The quantitative estimate of drug-likeness (QED) is 0.451. The molecule has 3 heteroatoms. The van der Waals surface area contributed by atoms with Crippen molar-refractivity contribution in [2.24, 2.45) is 0 Å². The van der Waals surface area contributed by atoms with Crippen LogP contribution in [0.2, 0.25) is 0 Å². The molecule has 0 spiro atoms. The molecule has 1 aromatic carbocycles. The normalized spacial score (nSPS) is 9.81. The maximum atomic E-state index is 11.0. The van der Waals surface area contributed by atoms with E-state index in [0.29, 0.717) is 18.7 Å². The van der Waals surface area contributed by atoms with Crippen molar-refractivity contribution >= 4 is 5.97 Å². The van der Waals surface area contributed by atoms with Gasteiger partial charge in [-0.15, -0.1) is 0 Å². The third-order valence-electron chi connectivity index (χ3n) is 2.03. The predicted octanol–water partition coefficient (Wildman–Crippen LogP) is 1.90. The minimum Gasteiger partial charge on any atom is -0.461 e. The third kappa shape index (κ3) is 4.75. The van der Waals surface area contributed by atoms with Crippen molar-refractivity contribution in [1.29, 1.82) is 0 Å². The fraction of sp³-hybridized carbons (Fsp3) is 0.308. The second kappa shape index (κ2) is 6.80. The fourth-order valence-corrected chi connectivity index (χ4v) is 1.17. The standard InChI is InChI=1S/C13H17NO2/c1-11(2)13(15)16-9-8-14-10-12-6-4-3-5-7-12/h3-7,14H,1,8-10H2,2H3. The molecule has 1 rings (SSSR count). The van der Waals surface area contributed by atoms with Gasteiger partial charge in [0, 0.05) is 18.7 Å². The minimum absolute atomic E-state index is 0.332. The van der Waals surface area contributed by atoms with Gasteiger partial charge in [-0.3, -0.25) is 0 Å². The zero-order valence-corrected chi connectivity index (χ0v) is 9.53. The highest BCUT2D eigenvalue weighted by atomic mass is 16.5. The van der Waals surface area contributed by atoms with E-state index in [1.807, 2.05) is 30.3 Å². The summed E-state index contributed by atoms with van der Waals surface area (Å²) in [5.41, 5.74) is 1.65. The van der Waals surface area contributed by atoms with Crippen LogP contribution in [0.3, 0.4) is 0 Å². The van der Waals surface area contributed by atoms with Crippen molar-refractivity contribution in [1.82, 2.24) is 5.32 Å². The molecule has 0 aromatic heterocycles. The third-order valence-corrected chi connectivity index (χ3v) is 2.03. The van der Waals surface area contributed by atoms with E-state index in [4.69, 9.17) is 4.74 Å². The molecule has 0 aliphatic heterocycles. The Morgan fingerprint density at radius 3 is 2.69 bits per heavy atom. The molecule has 86 valence electrons. The number of nitrogens with one attached hydrogen (secondary N) is 1. The summed E-state index contributed by atoms with van der Waals surface area (Å²) in [5, 5.41) is 3.19. The Morgan fingerprint density at radius 2 is 2.06 bits per heavy atom. The van der Waals surface area contributed by atoms with Crippen molar-refractivity contribution < 1.29 is 9.53 Å². The monoisotopic (exact) mass is 219 g/mol. The van der Waals surface area contributed by atoms with Gasteiger partial charge in [0.05, 0.1) is 0 Å². The number of hydrogen-bond donors (Lipinski definition) is 1. The minimum atomic E-state index is -0.332. The number of hydrogen-bond acceptors (Lipinski definition) is 3. The maximum absolute atomic E-state index is 11.0. The van der Waals surface area contributed by atoms with E-state index in [0.717, 1.165) is 6.54 Å². The predicted molar refractivity (Wildman–Crippen MR) is 63.9 cm³/mol. The molecule has 0 saturated carbocycles. The molecular formula is C13H17NO2. The van der Waals surface area contributed by atoms with Gasteiger partial charge in [0.1, 0.15) is 6.61 Å². The molecule has 0 aliphatic carbocycles. The molecule has 0 bridgehead atoms. The highest BCUT2D eigenvalue weighted by molar-refractivity contribution is 5.86. The fourth-order valence-electron chi connectivity index (χ4n) is 1.17. The number of benzene rings is 1. The van der Waals surface area contributed by atoms with Crippen molar-refractivity contribution in [3.8, 4) is 0 Å². The Bertz CT molecular complexity index is 346. The van der Waals surface area contributed by atoms with Gasteiger partial charge in [-0.2, -0.15) is 0 Å². The van der Waals surface area contributed by atoms with Crippen molar-refractivity contribution in [3.05, 3.63) is 48.0 Å². The van der Waals surface area contributed by atoms with E-state index in [-0.39, 0.29) is 5.97 Å². The van der Waals surface area contributed by atoms with E-state index in [2.05, 4.69) is 11.9 Å². The number of carbonyl (C=O) groups is 1. The summed E-state index contributed by atoms with van der Waals surface area (Å²) in [4.78, 5) is 11.0. The molecule has 0 radical (unpaired) electrons. The lowest BCUT2D eigenvalue weighted by molar-refractivity contribution is -0.138.